The average molecular weight is 313 g/mol. The molecule has 120 valence electrons. The lowest BCUT2D eigenvalue weighted by molar-refractivity contribution is 0.301. The van der Waals surface area contributed by atoms with Crippen LogP contribution in [-0.4, -0.2) is 31.3 Å². The quantitative estimate of drug-likeness (QED) is 0.692. The van der Waals surface area contributed by atoms with Crippen molar-refractivity contribution in [2.75, 3.05) is 31.1 Å². The lowest BCUT2D eigenvalue weighted by atomic mass is 10.1. The van der Waals surface area contributed by atoms with E-state index in [0.29, 0.717) is 12.5 Å². The molecule has 3 nitrogen and oxygen atoms in total. The minimum atomic E-state index is 0.162. The SMILES string of the molecule is CCCCN(CCO)c1cccc(Cl)c1CNCC(C)C. The minimum absolute atomic E-state index is 0.162. The Morgan fingerprint density at radius 1 is 1.29 bits per heavy atom. The average Bonchev–Trinajstić information content (AvgIpc) is 2.45. The van der Waals surface area contributed by atoms with E-state index in [9.17, 15) is 5.11 Å². The van der Waals surface area contributed by atoms with Gasteiger partial charge in [0.05, 0.1) is 6.61 Å². The van der Waals surface area contributed by atoms with Crippen molar-refractivity contribution in [3.8, 4) is 0 Å². The molecule has 1 rings (SSSR count). The Balaban J connectivity index is 2.89. The van der Waals surface area contributed by atoms with Crippen molar-refractivity contribution in [2.45, 2.75) is 40.2 Å². The van der Waals surface area contributed by atoms with Crippen molar-refractivity contribution in [2.24, 2.45) is 5.92 Å². The van der Waals surface area contributed by atoms with Crippen LogP contribution in [0.3, 0.4) is 0 Å². The first-order valence-electron chi connectivity index (χ1n) is 7.94. The highest BCUT2D eigenvalue weighted by molar-refractivity contribution is 6.31. The predicted molar refractivity (Wildman–Crippen MR) is 92.2 cm³/mol. The molecular weight excluding hydrogens is 284 g/mol. The first kappa shape index (κ1) is 18.3. The molecule has 0 aliphatic rings. The van der Waals surface area contributed by atoms with Gasteiger partial charge in [0.15, 0.2) is 0 Å². The summed E-state index contributed by atoms with van der Waals surface area (Å²) in [5.74, 6) is 0.615. The number of nitrogens with one attached hydrogen (secondary N) is 1. The molecule has 0 amide bonds. The summed E-state index contributed by atoms with van der Waals surface area (Å²) >= 11 is 6.39. The fourth-order valence-electron chi connectivity index (χ4n) is 2.33. The van der Waals surface area contributed by atoms with Crippen molar-refractivity contribution in [3.05, 3.63) is 28.8 Å². The number of rotatable bonds is 10. The van der Waals surface area contributed by atoms with Crippen molar-refractivity contribution in [1.29, 1.82) is 0 Å². The zero-order valence-electron chi connectivity index (χ0n) is 13.5. The first-order chi connectivity index (χ1) is 10.1. The van der Waals surface area contributed by atoms with E-state index < -0.39 is 0 Å². The summed E-state index contributed by atoms with van der Waals surface area (Å²) < 4.78 is 0. The molecule has 0 saturated heterocycles. The maximum absolute atomic E-state index is 9.32. The molecule has 0 bridgehead atoms. The number of benzene rings is 1. The summed E-state index contributed by atoms with van der Waals surface area (Å²) in [5, 5.41) is 13.6. The molecule has 21 heavy (non-hydrogen) atoms. The number of nitrogens with zero attached hydrogens (tertiary/aromatic N) is 1. The van der Waals surface area contributed by atoms with E-state index in [-0.39, 0.29) is 6.61 Å². The van der Waals surface area contributed by atoms with Gasteiger partial charge in [-0.2, -0.15) is 0 Å². The second-order valence-corrected chi connectivity index (χ2v) is 6.23. The number of unbranched alkanes of at least 4 members (excludes halogenated alkanes) is 1. The number of aliphatic hydroxyl groups is 1. The maximum Gasteiger partial charge on any atom is 0.0606 e. The highest BCUT2D eigenvalue weighted by Gasteiger charge is 2.13. The summed E-state index contributed by atoms with van der Waals surface area (Å²) in [6.07, 6.45) is 2.26. The fourth-order valence-corrected chi connectivity index (χ4v) is 2.56. The van der Waals surface area contributed by atoms with Crippen LogP contribution in [0.25, 0.3) is 0 Å². The standard InChI is InChI=1S/C17H29ClN2O/c1-4-5-9-20(10-11-21)17-8-6-7-16(18)15(17)13-19-12-14(2)3/h6-8,14,19,21H,4-5,9-13H2,1-3H3. The van der Waals surface area contributed by atoms with Gasteiger partial charge in [0.1, 0.15) is 0 Å². The second kappa shape index (κ2) is 10.0. The third-order valence-corrected chi connectivity index (χ3v) is 3.79. The van der Waals surface area contributed by atoms with Crippen molar-refractivity contribution >= 4 is 17.3 Å². The number of hydrogen-bond acceptors (Lipinski definition) is 3. The molecule has 0 heterocycles. The van der Waals surface area contributed by atoms with Crippen LogP contribution in [0, 0.1) is 5.92 Å². The van der Waals surface area contributed by atoms with Crippen molar-refractivity contribution < 1.29 is 5.11 Å². The van der Waals surface area contributed by atoms with E-state index in [1.807, 2.05) is 12.1 Å². The Hall–Kier alpha value is -0.770. The summed E-state index contributed by atoms with van der Waals surface area (Å²) in [6.45, 7) is 10.1. The Kier molecular flexibility index (Phi) is 8.74. The summed E-state index contributed by atoms with van der Waals surface area (Å²) in [6, 6.07) is 6.03. The highest BCUT2D eigenvalue weighted by atomic mass is 35.5. The van der Waals surface area contributed by atoms with Crippen molar-refractivity contribution in [1.82, 2.24) is 5.32 Å². The van der Waals surface area contributed by atoms with Gasteiger partial charge in [0.2, 0.25) is 0 Å². The summed E-state index contributed by atoms with van der Waals surface area (Å²) in [4.78, 5) is 2.24. The molecule has 0 aromatic heterocycles. The monoisotopic (exact) mass is 312 g/mol. The molecule has 0 radical (unpaired) electrons. The molecule has 0 fully saturated rings. The van der Waals surface area contributed by atoms with Crippen LogP contribution in [0.1, 0.15) is 39.2 Å². The van der Waals surface area contributed by atoms with Crippen molar-refractivity contribution in [3.63, 3.8) is 0 Å². The number of anilines is 1. The zero-order chi connectivity index (χ0) is 15.7. The van der Waals surface area contributed by atoms with Gasteiger partial charge in [-0.3, -0.25) is 0 Å². The Morgan fingerprint density at radius 2 is 2.05 bits per heavy atom. The molecule has 0 saturated carbocycles. The summed E-state index contributed by atoms with van der Waals surface area (Å²) in [7, 11) is 0. The molecule has 0 spiro atoms. The Morgan fingerprint density at radius 3 is 2.67 bits per heavy atom. The number of halogens is 1. The van der Waals surface area contributed by atoms with E-state index in [1.165, 1.54) is 0 Å². The van der Waals surface area contributed by atoms with Gasteiger partial charge >= 0.3 is 0 Å². The van der Waals surface area contributed by atoms with Crippen LogP contribution in [0.5, 0.6) is 0 Å². The maximum atomic E-state index is 9.32. The van der Waals surface area contributed by atoms with Gasteiger partial charge in [-0.1, -0.05) is 44.9 Å². The lowest BCUT2D eigenvalue weighted by Crippen LogP contribution is -2.30. The number of aliphatic hydroxyl groups excluding tert-OH is 1. The van der Waals surface area contributed by atoms with Crippen LogP contribution in [0.4, 0.5) is 5.69 Å². The molecule has 1 aromatic rings. The second-order valence-electron chi connectivity index (χ2n) is 5.83. The molecular formula is C17H29ClN2O. The predicted octanol–water partition coefficient (Wildman–Crippen LogP) is 3.68. The first-order valence-corrected chi connectivity index (χ1v) is 8.31. The van der Waals surface area contributed by atoms with Crippen LogP contribution in [-0.2, 0) is 6.54 Å². The minimum Gasteiger partial charge on any atom is -0.395 e. The van der Waals surface area contributed by atoms with Gasteiger partial charge in [-0.05, 0) is 31.0 Å². The van der Waals surface area contributed by atoms with Gasteiger partial charge in [0.25, 0.3) is 0 Å². The lowest BCUT2D eigenvalue weighted by Gasteiger charge is -2.27. The van der Waals surface area contributed by atoms with Crippen LogP contribution >= 0.6 is 11.6 Å². The fraction of sp³-hybridized carbons (Fsp3) is 0.647. The Labute approximate surface area is 134 Å². The normalized spacial score (nSPS) is 11.1. The molecule has 0 atom stereocenters. The van der Waals surface area contributed by atoms with Gasteiger partial charge < -0.3 is 15.3 Å². The van der Waals surface area contributed by atoms with Crippen LogP contribution in [0.15, 0.2) is 18.2 Å². The molecule has 1 aromatic carbocycles. The molecule has 0 unspecified atom stereocenters. The smallest absolute Gasteiger partial charge is 0.0606 e. The third-order valence-electron chi connectivity index (χ3n) is 3.44. The van der Waals surface area contributed by atoms with E-state index in [2.05, 4.69) is 37.1 Å². The van der Waals surface area contributed by atoms with Gasteiger partial charge in [-0.25, -0.2) is 0 Å². The van der Waals surface area contributed by atoms with Gasteiger partial charge in [0, 0.05) is 35.9 Å². The Bertz CT molecular complexity index is 410. The van der Waals surface area contributed by atoms with E-state index >= 15 is 0 Å². The van der Waals surface area contributed by atoms with Gasteiger partial charge in [-0.15, -0.1) is 0 Å². The van der Waals surface area contributed by atoms with E-state index in [0.717, 1.165) is 48.7 Å². The largest absolute Gasteiger partial charge is 0.395 e. The third kappa shape index (κ3) is 6.25. The topological polar surface area (TPSA) is 35.5 Å². The summed E-state index contributed by atoms with van der Waals surface area (Å²) in [5.41, 5.74) is 2.27. The molecule has 0 aliphatic carbocycles. The molecule has 2 N–H and O–H groups in total. The molecule has 4 heteroatoms. The molecule has 0 aliphatic heterocycles. The van der Waals surface area contributed by atoms with Crippen LogP contribution in [0.2, 0.25) is 5.02 Å². The van der Waals surface area contributed by atoms with E-state index in [4.69, 9.17) is 11.6 Å². The highest BCUT2D eigenvalue weighted by Crippen LogP contribution is 2.28. The van der Waals surface area contributed by atoms with E-state index in [1.54, 1.807) is 0 Å². The number of hydrogen-bond donors (Lipinski definition) is 2. The van der Waals surface area contributed by atoms with Crippen LogP contribution < -0.4 is 10.2 Å². The zero-order valence-corrected chi connectivity index (χ0v) is 14.3.